The number of ether oxygens (including phenoxy) is 1. The first-order valence-electron chi connectivity index (χ1n) is 7.96. The molecule has 24 heavy (non-hydrogen) atoms. The number of nitrogens with one attached hydrogen (secondary N) is 2. The highest BCUT2D eigenvalue weighted by molar-refractivity contribution is 7.90. The second kappa shape index (κ2) is 8.23. The minimum Gasteiger partial charge on any atom is -0.497 e. The zero-order chi connectivity index (χ0) is 17.6. The standard InChI is InChI=1S/C16H25N3O4S/c1-23-15-5-3-4-14(10-15)19-8-6-13(12-19)11-18-16(20)17-7-9-24(2,21)22/h3-5,10,13H,6-9,11-12H2,1-2H3,(H2,17,18,20). The van der Waals surface area contributed by atoms with Crippen molar-refractivity contribution in [3.63, 3.8) is 0 Å². The van der Waals surface area contributed by atoms with Crippen molar-refractivity contribution in [2.75, 3.05) is 50.2 Å². The molecule has 1 aliphatic rings. The van der Waals surface area contributed by atoms with E-state index >= 15 is 0 Å². The summed E-state index contributed by atoms with van der Waals surface area (Å²) < 4.78 is 27.3. The number of methoxy groups -OCH3 is 1. The van der Waals surface area contributed by atoms with Gasteiger partial charge in [0.2, 0.25) is 0 Å². The van der Waals surface area contributed by atoms with Crippen molar-refractivity contribution in [3.05, 3.63) is 24.3 Å². The zero-order valence-electron chi connectivity index (χ0n) is 14.1. The van der Waals surface area contributed by atoms with E-state index in [1.165, 1.54) is 0 Å². The maximum Gasteiger partial charge on any atom is 0.314 e. The van der Waals surface area contributed by atoms with Crippen LogP contribution in [0, 0.1) is 5.92 Å². The summed E-state index contributed by atoms with van der Waals surface area (Å²) >= 11 is 0. The van der Waals surface area contributed by atoms with E-state index < -0.39 is 9.84 Å². The molecule has 1 aromatic rings. The summed E-state index contributed by atoms with van der Waals surface area (Å²) in [5.74, 6) is 1.16. The van der Waals surface area contributed by atoms with Gasteiger partial charge in [-0.2, -0.15) is 0 Å². The number of amides is 2. The molecule has 134 valence electrons. The van der Waals surface area contributed by atoms with Crippen LogP contribution in [-0.4, -0.2) is 59.7 Å². The van der Waals surface area contributed by atoms with Gasteiger partial charge < -0.3 is 20.3 Å². The normalized spacial score (nSPS) is 17.6. The molecule has 0 saturated carbocycles. The van der Waals surface area contributed by atoms with Crippen molar-refractivity contribution in [3.8, 4) is 5.75 Å². The van der Waals surface area contributed by atoms with Crippen LogP contribution in [0.4, 0.5) is 10.5 Å². The molecular formula is C16H25N3O4S. The first-order chi connectivity index (χ1) is 11.4. The molecule has 2 rings (SSSR count). The average molecular weight is 355 g/mol. The molecule has 1 heterocycles. The maximum absolute atomic E-state index is 11.7. The molecule has 1 saturated heterocycles. The Labute approximate surface area is 143 Å². The van der Waals surface area contributed by atoms with Crippen LogP contribution in [0.1, 0.15) is 6.42 Å². The molecule has 2 amide bonds. The van der Waals surface area contributed by atoms with Gasteiger partial charge in [-0.15, -0.1) is 0 Å². The van der Waals surface area contributed by atoms with Crippen LogP contribution in [0.5, 0.6) is 5.75 Å². The Balaban J connectivity index is 1.72. The number of hydrogen-bond donors (Lipinski definition) is 2. The first-order valence-corrected chi connectivity index (χ1v) is 10.0. The van der Waals surface area contributed by atoms with E-state index in [1.54, 1.807) is 7.11 Å². The summed E-state index contributed by atoms with van der Waals surface area (Å²) in [7, 11) is -1.40. The lowest BCUT2D eigenvalue weighted by atomic mass is 10.1. The van der Waals surface area contributed by atoms with Crippen LogP contribution in [0.25, 0.3) is 0 Å². The van der Waals surface area contributed by atoms with E-state index in [0.717, 1.165) is 37.2 Å². The highest BCUT2D eigenvalue weighted by Gasteiger charge is 2.23. The molecule has 0 aliphatic carbocycles. The molecule has 7 nitrogen and oxygen atoms in total. The van der Waals surface area contributed by atoms with Gasteiger partial charge >= 0.3 is 6.03 Å². The van der Waals surface area contributed by atoms with Crippen molar-refractivity contribution in [2.24, 2.45) is 5.92 Å². The summed E-state index contributed by atoms with van der Waals surface area (Å²) in [5.41, 5.74) is 1.12. The van der Waals surface area contributed by atoms with Crippen LogP contribution in [0.2, 0.25) is 0 Å². The smallest absolute Gasteiger partial charge is 0.314 e. The highest BCUT2D eigenvalue weighted by Crippen LogP contribution is 2.26. The van der Waals surface area contributed by atoms with Crippen molar-refractivity contribution in [1.82, 2.24) is 10.6 Å². The predicted octanol–water partition coefficient (Wildman–Crippen LogP) is 0.865. The van der Waals surface area contributed by atoms with Gasteiger partial charge in [0.05, 0.1) is 12.9 Å². The maximum atomic E-state index is 11.7. The van der Waals surface area contributed by atoms with Gasteiger partial charge in [0.25, 0.3) is 0 Å². The largest absolute Gasteiger partial charge is 0.497 e. The topological polar surface area (TPSA) is 87.7 Å². The lowest BCUT2D eigenvalue weighted by Crippen LogP contribution is -2.40. The number of carbonyl (C=O) groups is 1. The Morgan fingerprint density at radius 2 is 2.17 bits per heavy atom. The van der Waals surface area contributed by atoms with Gasteiger partial charge in [-0.05, 0) is 24.5 Å². The molecule has 1 unspecified atom stereocenters. The van der Waals surface area contributed by atoms with Gasteiger partial charge in [-0.1, -0.05) is 6.07 Å². The fourth-order valence-corrected chi connectivity index (χ4v) is 3.16. The third kappa shape index (κ3) is 5.92. The molecule has 2 N–H and O–H groups in total. The summed E-state index contributed by atoms with van der Waals surface area (Å²) in [4.78, 5) is 13.9. The van der Waals surface area contributed by atoms with Crippen LogP contribution in [0.15, 0.2) is 24.3 Å². The highest BCUT2D eigenvalue weighted by atomic mass is 32.2. The monoisotopic (exact) mass is 355 g/mol. The molecule has 1 aromatic carbocycles. The zero-order valence-corrected chi connectivity index (χ0v) is 14.9. The Bertz CT molecular complexity index is 663. The number of urea groups is 1. The number of benzene rings is 1. The van der Waals surface area contributed by atoms with Gasteiger partial charge in [-0.25, -0.2) is 13.2 Å². The quantitative estimate of drug-likeness (QED) is 0.758. The average Bonchev–Trinajstić information content (AvgIpc) is 3.01. The van der Waals surface area contributed by atoms with E-state index in [-0.39, 0.29) is 18.3 Å². The summed E-state index contributed by atoms with van der Waals surface area (Å²) in [5, 5.41) is 5.37. The van der Waals surface area contributed by atoms with Crippen LogP contribution in [-0.2, 0) is 9.84 Å². The van der Waals surface area contributed by atoms with Crippen molar-refractivity contribution >= 4 is 21.6 Å². The van der Waals surface area contributed by atoms with E-state index in [9.17, 15) is 13.2 Å². The second-order valence-electron chi connectivity index (χ2n) is 6.07. The summed E-state index contributed by atoms with van der Waals surface area (Å²) in [6.45, 7) is 2.52. The molecule has 1 aliphatic heterocycles. The first kappa shape index (κ1) is 18.4. The lowest BCUT2D eigenvalue weighted by Gasteiger charge is -2.19. The molecule has 1 fully saturated rings. The number of sulfone groups is 1. The number of nitrogens with zero attached hydrogens (tertiary/aromatic N) is 1. The molecule has 0 radical (unpaired) electrons. The number of anilines is 1. The second-order valence-corrected chi connectivity index (χ2v) is 8.33. The SMILES string of the molecule is COc1cccc(N2CCC(CNC(=O)NCCS(C)(=O)=O)C2)c1. The van der Waals surface area contributed by atoms with E-state index in [0.29, 0.717) is 12.5 Å². The molecule has 1 atom stereocenters. The molecular weight excluding hydrogens is 330 g/mol. The van der Waals surface area contributed by atoms with Gasteiger partial charge in [-0.3, -0.25) is 0 Å². The Morgan fingerprint density at radius 1 is 1.38 bits per heavy atom. The number of rotatable bonds is 7. The number of carbonyl (C=O) groups excluding carboxylic acids is 1. The van der Waals surface area contributed by atoms with E-state index in [2.05, 4.69) is 21.6 Å². The van der Waals surface area contributed by atoms with Gasteiger partial charge in [0.1, 0.15) is 15.6 Å². The minimum atomic E-state index is -3.05. The fourth-order valence-electron chi connectivity index (χ4n) is 2.69. The van der Waals surface area contributed by atoms with Crippen LogP contribution < -0.4 is 20.3 Å². The van der Waals surface area contributed by atoms with E-state index in [1.807, 2.05) is 18.2 Å². The third-order valence-electron chi connectivity index (χ3n) is 4.01. The van der Waals surface area contributed by atoms with Crippen molar-refractivity contribution in [2.45, 2.75) is 6.42 Å². The van der Waals surface area contributed by atoms with Crippen molar-refractivity contribution in [1.29, 1.82) is 0 Å². The minimum absolute atomic E-state index is 0.0481. The van der Waals surface area contributed by atoms with Gasteiger partial charge in [0, 0.05) is 44.2 Å². The van der Waals surface area contributed by atoms with Gasteiger partial charge in [0.15, 0.2) is 0 Å². The van der Waals surface area contributed by atoms with Crippen LogP contribution in [0.3, 0.4) is 0 Å². The fraction of sp³-hybridized carbons (Fsp3) is 0.562. The Hall–Kier alpha value is -1.96. The number of hydrogen-bond acceptors (Lipinski definition) is 5. The van der Waals surface area contributed by atoms with E-state index in [4.69, 9.17) is 4.74 Å². The third-order valence-corrected chi connectivity index (χ3v) is 4.96. The predicted molar refractivity (Wildman–Crippen MR) is 94.4 cm³/mol. The Kier molecular flexibility index (Phi) is 6.30. The molecule has 0 bridgehead atoms. The lowest BCUT2D eigenvalue weighted by molar-refractivity contribution is 0.240. The summed E-state index contributed by atoms with van der Waals surface area (Å²) in [6.07, 6.45) is 2.15. The van der Waals surface area contributed by atoms with Crippen molar-refractivity contribution < 1.29 is 17.9 Å². The van der Waals surface area contributed by atoms with Crippen LogP contribution >= 0.6 is 0 Å². The molecule has 0 spiro atoms. The molecule has 8 heteroatoms. The summed E-state index contributed by atoms with van der Waals surface area (Å²) in [6, 6.07) is 7.62. The molecule has 0 aromatic heterocycles. The Morgan fingerprint density at radius 3 is 2.88 bits per heavy atom.